The third kappa shape index (κ3) is 3.77. The van der Waals surface area contributed by atoms with Gasteiger partial charge in [-0.05, 0) is 19.4 Å². The molecule has 0 aliphatic carbocycles. The van der Waals surface area contributed by atoms with Gasteiger partial charge in [-0.1, -0.05) is 23.1 Å². The molecule has 24 heavy (non-hydrogen) atoms. The fraction of sp³-hybridized carbons (Fsp3) is 0.429. The molecule has 0 radical (unpaired) electrons. The Morgan fingerprint density at radius 3 is 2.92 bits per heavy atom. The Kier molecular flexibility index (Phi) is 5.49. The van der Waals surface area contributed by atoms with Crippen molar-refractivity contribution in [3.63, 3.8) is 0 Å². The standard InChI is InChI=1S/C14H17N5O2S3/c1-7-8(2)23-12-10(7)11(20)16-9(17-12)6-22-14-19-18-13(24-14)15-4-5-21-3/h4-6H2,1-3H3,(H,15,18)(H,16,17,20). The Morgan fingerprint density at radius 2 is 2.12 bits per heavy atom. The van der Waals surface area contributed by atoms with Crippen LogP contribution in [0.4, 0.5) is 5.13 Å². The zero-order valence-electron chi connectivity index (χ0n) is 13.5. The van der Waals surface area contributed by atoms with Gasteiger partial charge in [-0.15, -0.1) is 21.5 Å². The van der Waals surface area contributed by atoms with Gasteiger partial charge in [0.05, 0.1) is 17.7 Å². The molecule has 3 aromatic heterocycles. The van der Waals surface area contributed by atoms with Crippen molar-refractivity contribution < 1.29 is 4.74 Å². The van der Waals surface area contributed by atoms with Crippen molar-refractivity contribution in [1.82, 2.24) is 20.2 Å². The summed E-state index contributed by atoms with van der Waals surface area (Å²) in [4.78, 5) is 21.6. The van der Waals surface area contributed by atoms with Crippen LogP contribution in [0.5, 0.6) is 0 Å². The van der Waals surface area contributed by atoms with Gasteiger partial charge in [-0.25, -0.2) is 4.98 Å². The number of hydrogen-bond donors (Lipinski definition) is 2. The van der Waals surface area contributed by atoms with Crippen molar-refractivity contribution in [3.8, 4) is 0 Å². The molecular formula is C14H17N5O2S3. The number of hydrogen-bond acceptors (Lipinski definition) is 9. The predicted octanol–water partition coefficient (Wildman–Crippen LogP) is 2.80. The first-order valence-electron chi connectivity index (χ1n) is 7.26. The molecule has 2 N–H and O–H groups in total. The van der Waals surface area contributed by atoms with Gasteiger partial charge in [0.15, 0.2) is 4.34 Å². The number of thioether (sulfide) groups is 1. The number of nitrogens with one attached hydrogen (secondary N) is 2. The molecule has 128 valence electrons. The number of anilines is 1. The number of H-pyrrole nitrogens is 1. The molecule has 7 nitrogen and oxygen atoms in total. The molecule has 3 rings (SSSR count). The molecule has 0 fully saturated rings. The zero-order valence-corrected chi connectivity index (χ0v) is 16.0. The number of thiophene rings is 1. The Morgan fingerprint density at radius 1 is 1.29 bits per heavy atom. The van der Waals surface area contributed by atoms with E-state index in [0.29, 0.717) is 30.1 Å². The highest BCUT2D eigenvalue weighted by Crippen LogP contribution is 2.29. The number of nitrogens with zero attached hydrogens (tertiary/aromatic N) is 3. The second-order valence-electron chi connectivity index (χ2n) is 5.06. The average molecular weight is 384 g/mol. The first-order valence-corrected chi connectivity index (χ1v) is 9.88. The molecule has 0 aliphatic rings. The number of ether oxygens (including phenoxy) is 1. The summed E-state index contributed by atoms with van der Waals surface area (Å²) in [5.41, 5.74) is 0.940. The van der Waals surface area contributed by atoms with E-state index in [9.17, 15) is 4.79 Å². The van der Waals surface area contributed by atoms with Gasteiger partial charge in [-0.2, -0.15) is 0 Å². The smallest absolute Gasteiger partial charge is 0.259 e. The fourth-order valence-electron chi connectivity index (χ4n) is 2.10. The summed E-state index contributed by atoms with van der Waals surface area (Å²) in [5, 5.41) is 12.8. The summed E-state index contributed by atoms with van der Waals surface area (Å²) >= 11 is 4.54. The lowest BCUT2D eigenvalue weighted by Gasteiger charge is -1.99. The molecule has 0 atom stereocenters. The van der Waals surface area contributed by atoms with E-state index < -0.39 is 0 Å². The normalized spacial score (nSPS) is 11.3. The number of fused-ring (bicyclic) bond motifs is 1. The van der Waals surface area contributed by atoms with Crippen LogP contribution in [0.1, 0.15) is 16.3 Å². The summed E-state index contributed by atoms with van der Waals surface area (Å²) < 4.78 is 5.81. The largest absolute Gasteiger partial charge is 0.383 e. The topological polar surface area (TPSA) is 92.8 Å². The van der Waals surface area contributed by atoms with Crippen molar-refractivity contribution in [2.24, 2.45) is 0 Å². The van der Waals surface area contributed by atoms with E-state index in [1.165, 1.54) is 23.1 Å². The van der Waals surface area contributed by atoms with Crippen LogP contribution < -0.4 is 10.9 Å². The predicted molar refractivity (Wildman–Crippen MR) is 99.6 cm³/mol. The fourth-order valence-corrected chi connectivity index (χ4v) is 4.79. The second kappa shape index (κ2) is 7.60. The molecule has 3 aromatic rings. The van der Waals surface area contributed by atoms with Gasteiger partial charge in [0.25, 0.3) is 5.56 Å². The molecule has 0 amide bonds. The number of rotatable bonds is 7. The lowest BCUT2D eigenvalue weighted by Crippen LogP contribution is -2.10. The van der Waals surface area contributed by atoms with Gasteiger partial charge < -0.3 is 15.0 Å². The Bertz CT molecular complexity index is 902. The maximum atomic E-state index is 12.3. The van der Waals surface area contributed by atoms with Crippen LogP contribution in [0.25, 0.3) is 10.2 Å². The lowest BCUT2D eigenvalue weighted by atomic mass is 10.2. The van der Waals surface area contributed by atoms with Crippen LogP contribution in [0, 0.1) is 13.8 Å². The van der Waals surface area contributed by atoms with Crippen molar-refractivity contribution in [3.05, 3.63) is 26.6 Å². The molecular weight excluding hydrogens is 366 g/mol. The molecule has 0 saturated heterocycles. The maximum absolute atomic E-state index is 12.3. The summed E-state index contributed by atoms with van der Waals surface area (Å²) in [6.45, 7) is 5.28. The first kappa shape index (κ1) is 17.3. The van der Waals surface area contributed by atoms with E-state index in [2.05, 4.69) is 25.5 Å². The molecule has 0 aromatic carbocycles. The van der Waals surface area contributed by atoms with Crippen LogP contribution >= 0.6 is 34.4 Å². The van der Waals surface area contributed by atoms with E-state index in [1.807, 2.05) is 13.8 Å². The molecule has 10 heteroatoms. The highest BCUT2D eigenvalue weighted by atomic mass is 32.2. The Hall–Kier alpha value is -1.49. The molecule has 0 bridgehead atoms. The van der Waals surface area contributed by atoms with Crippen molar-refractivity contribution in [1.29, 1.82) is 0 Å². The molecule has 0 unspecified atom stereocenters. The van der Waals surface area contributed by atoms with Crippen molar-refractivity contribution in [2.75, 3.05) is 25.6 Å². The average Bonchev–Trinajstić information content (AvgIpc) is 3.11. The van der Waals surface area contributed by atoms with Gasteiger partial charge in [0, 0.05) is 18.5 Å². The van der Waals surface area contributed by atoms with Crippen LogP contribution in [-0.4, -0.2) is 40.4 Å². The third-order valence-electron chi connectivity index (χ3n) is 3.41. The van der Waals surface area contributed by atoms with E-state index in [0.717, 1.165) is 24.7 Å². The molecule has 0 spiro atoms. The number of aromatic amines is 1. The van der Waals surface area contributed by atoms with Gasteiger partial charge >= 0.3 is 0 Å². The summed E-state index contributed by atoms with van der Waals surface area (Å²) in [6.07, 6.45) is 0. The Balaban J connectivity index is 1.68. The van der Waals surface area contributed by atoms with Crippen LogP contribution in [-0.2, 0) is 10.5 Å². The number of aryl methyl sites for hydroxylation is 2. The zero-order chi connectivity index (χ0) is 17.1. The molecule has 0 saturated carbocycles. The minimum Gasteiger partial charge on any atom is -0.383 e. The van der Waals surface area contributed by atoms with Crippen LogP contribution in [0.15, 0.2) is 9.13 Å². The van der Waals surface area contributed by atoms with E-state index >= 15 is 0 Å². The monoisotopic (exact) mass is 383 g/mol. The summed E-state index contributed by atoms with van der Waals surface area (Å²) in [6, 6.07) is 0. The van der Waals surface area contributed by atoms with Crippen molar-refractivity contribution >= 4 is 49.8 Å². The third-order valence-corrected chi connectivity index (χ3v) is 6.54. The van der Waals surface area contributed by atoms with E-state index in [-0.39, 0.29) is 5.56 Å². The summed E-state index contributed by atoms with van der Waals surface area (Å²) in [7, 11) is 1.66. The molecule has 0 aliphatic heterocycles. The number of aromatic nitrogens is 4. The van der Waals surface area contributed by atoms with Gasteiger partial charge in [-0.3, -0.25) is 4.79 Å². The highest BCUT2D eigenvalue weighted by Gasteiger charge is 2.12. The highest BCUT2D eigenvalue weighted by molar-refractivity contribution is 8.00. The summed E-state index contributed by atoms with van der Waals surface area (Å²) in [5.74, 6) is 1.20. The first-order chi connectivity index (χ1) is 11.6. The minimum atomic E-state index is -0.0726. The second-order valence-corrected chi connectivity index (χ2v) is 8.46. The van der Waals surface area contributed by atoms with Gasteiger partial charge in [0.1, 0.15) is 10.7 Å². The minimum absolute atomic E-state index is 0.0726. The van der Waals surface area contributed by atoms with Crippen LogP contribution in [0.2, 0.25) is 0 Å². The van der Waals surface area contributed by atoms with E-state index in [4.69, 9.17) is 4.74 Å². The van der Waals surface area contributed by atoms with Crippen molar-refractivity contribution in [2.45, 2.75) is 23.9 Å². The van der Waals surface area contributed by atoms with Crippen LogP contribution in [0.3, 0.4) is 0 Å². The quantitative estimate of drug-likeness (QED) is 0.479. The molecule has 3 heterocycles. The Labute approximate surface area is 150 Å². The lowest BCUT2D eigenvalue weighted by molar-refractivity contribution is 0.211. The van der Waals surface area contributed by atoms with Gasteiger partial charge in [0.2, 0.25) is 5.13 Å². The number of methoxy groups -OCH3 is 1. The maximum Gasteiger partial charge on any atom is 0.259 e. The van der Waals surface area contributed by atoms with E-state index in [1.54, 1.807) is 18.4 Å². The SMILES string of the molecule is COCCNc1nnc(SCc2nc3sc(C)c(C)c3c(=O)[nH]2)s1.